The quantitative estimate of drug-likeness (QED) is 0.722. The molecule has 0 N–H and O–H groups in total. The summed E-state index contributed by atoms with van der Waals surface area (Å²) in [5, 5.41) is 0. The van der Waals surface area contributed by atoms with Crippen molar-refractivity contribution in [3.8, 4) is 5.75 Å². The molecule has 1 aliphatic carbocycles. The zero-order valence-electron chi connectivity index (χ0n) is 9.69. The van der Waals surface area contributed by atoms with E-state index in [9.17, 15) is 0 Å². The minimum Gasteiger partial charge on any atom is -0.504 e. The highest BCUT2D eigenvalue weighted by Gasteiger charge is 2.11. The van der Waals surface area contributed by atoms with Gasteiger partial charge in [0.15, 0.2) is 0 Å². The largest absolute Gasteiger partial charge is 0.504 e. The van der Waals surface area contributed by atoms with Crippen molar-refractivity contribution >= 4 is 12.2 Å². The third kappa shape index (κ3) is 1.96. The highest BCUT2D eigenvalue weighted by Crippen LogP contribution is 2.31. The lowest BCUT2D eigenvalue weighted by molar-refractivity contribution is 0.341. The van der Waals surface area contributed by atoms with Crippen LogP contribution in [0.5, 0.6) is 5.75 Å². The Bertz CT molecular complexity index is 431. The number of ether oxygens (including phenoxy) is 2. The molecule has 16 heavy (non-hydrogen) atoms. The van der Waals surface area contributed by atoms with Gasteiger partial charge in [-0.05, 0) is 36.1 Å². The van der Waals surface area contributed by atoms with Gasteiger partial charge in [-0.25, -0.2) is 0 Å². The van der Waals surface area contributed by atoms with E-state index in [0.29, 0.717) is 0 Å². The second-order valence-electron chi connectivity index (χ2n) is 3.73. The third-order valence-electron chi connectivity index (χ3n) is 2.79. The Balaban J connectivity index is 2.53. The molecule has 0 bridgehead atoms. The standard InChI is InChI=1S/C14H16O2/c1-15-10-9-13-12-6-4-3-5-11(12)7-8-14(13)16-2/h4,6-10H,3,5H2,1-2H3/b10-9+. The maximum atomic E-state index is 5.37. The first-order chi connectivity index (χ1) is 7.86. The van der Waals surface area contributed by atoms with Gasteiger partial charge in [0, 0.05) is 5.56 Å². The summed E-state index contributed by atoms with van der Waals surface area (Å²) in [5.74, 6) is 0.888. The Morgan fingerprint density at radius 3 is 2.88 bits per heavy atom. The minimum absolute atomic E-state index is 0.888. The van der Waals surface area contributed by atoms with Crippen molar-refractivity contribution in [3.05, 3.63) is 41.2 Å². The van der Waals surface area contributed by atoms with E-state index in [1.165, 1.54) is 11.1 Å². The molecule has 1 aliphatic rings. The number of benzene rings is 1. The molecule has 2 heteroatoms. The van der Waals surface area contributed by atoms with Gasteiger partial charge in [0.05, 0.1) is 20.5 Å². The average Bonchev–Trinajstić information content (AvgIpc) is 2.35. The fourth-order valence-electron chi connectivity index (χ4n) is 2.00. The molecule has 0 amide bonds. The molecule has 0 atom stereocenters. The fourth-order valence-corrected chi connectivity index (χ4v) is 2.00. The highest BCUT2D eigenvalue weighted by atomic mass is 16.5. The normalized spacial score (nSPS) is 13.9. The summed E-state index contributed by atoms with van der Waals surface area (Å²) >= 11 is 0. The van der Waals surface area contributed by atoms with Gasteiger partial charge < -0.3 is 9.47 Å². The Kier molecular flexibility index (Phi) is 3.30. The minimum atomic E-state index is 0.888. The summed E-state index contributed by atoms with van der Waals surface area (Å²) in [6, 6.07) is 4.16. The van der Waals surface area contributed by atoms with Crippen LogP contribution in [-0.4, -0.2) is 14.2 Å². The Labute approximate surface area is 96.2 Å². The van der Waals surface area contributed by atoms with Gasteiger partial charge in [0.25, 0.3) is 0 Å². The van der Waals surface area contributed by atoms with Gasteiger partial charge in [-0.3, -0.25) is 0 Å². The predicted molar refractivity (Wildman–Crippen MR) is 66.4 cm³/mol. The first-order valence-corrected chi connectivity index (χ1v) is 5.42. The number of allylic oxidation sites excluding steroid dienone is 1. The van der Waals surface area contributed by atoms with Crippen LogP contribution in [-0.2, 0) is 11.2 Å². The zero-order valence-corrected chi connectivity index (χ0v) is 9.69. The molecule has 0 fully saturated rings. The van der Waals surface area contributed by atoms with Gasteiger partial charge >= 0.3 is 0 Å². The fraction of sp³-hybridized carbons (Fsp3) is 0.286. The molecule has 0 aromatic heterocycles. The van der Waals surface area contributed by atoms with Gasteiger partial charge in [0.1, 0.15) is 5.75 Å². The maximum Gasteiger partial charge on any atom is 0.126 e. The summed E-state index contributed by atoms with van der Waals surface area (Å²) in [5.41, 5.74) is 3.72. The zero-order chi connectivity index (χ0) is 11.4. The van der Waals surface area contributed by atoms with E-state index in [-0.39, 0.29) is 0 Å². The van der Waals surface area contributed by atoms with Crippen LogP contribution in [0, 0.1) is 0 Å². The molecule has 0 unspecified atom stereocenters. The topological polar surface area (TPSA) is 18.5 Å². The van der Waals surface area contributed by atoms with E-state index < -0.39 is 0 Å². The second-order valence-corrected chi connectivity index (χ2v) is 3.73. The van der Waals surface area contributed by atoms with Crippen LogP contribution in [0.3, 0.4) is 0 Å². The second kappa shape index (κ2) is 4.88. The molecule has 0 saturated carbocycles. The smallest absolute Gasteiger partial charge is 0.126 e. The lowest BCUT2D eigenvalue weighted by Crippen LogP contribution is -1.99. The van der Waals surface area contributed by atoms with Crippen LogP contribution in [0.1, 0.15) is 23.1 Å². The van der Waals surface area contributed by atoms with E-state index >= 15 is 0 Å². The van der Waals surface area contributed by atoms with Crippen molar-refractivity contribution in [2.75, 3.05) is 14.2 Å². The van der Waals surface area contributed by atoms with Crippen LogP contribution >= 0.6 is 0 Å². The molecule has 2 rings (SSSR count). The van der Waals surface area contributed by atoms with Crippen LogP contribution in [0.15, 0.2) is 24.5 Å². The van der Waals surface area contributed by atoms with E-state index in [1.807, 2.05) is 12.1 Å². The number of hydrogen-bond donors (Lipinski definition) is 0. The first-order valence-electron chi connectivity index (χ1n) is 5.42. The van der Waals surface area contributed by atoms with Crippen LogP contribution in [0.4, 0.5) is 0 Å². The summed E-state index contributed by atoms with van der Waals surface area (Å²) in [6.07, 6.45) is 10.2. The van der Waals surface area contributed by atoms with Gasteiger partial charge in [-0.2, -0.15) is 0 Å². The predicted octanol–water partition coefficient (Wildman–Crippen LogP) is 3.27. The number of fused-ring (bicyclic) bond motifs is 1. The van der Waals surface area contributed by atoms with Gasteiger partial charge in [0.2, 0.25) is 0 Å². The molecule has 0 heterocycles. The monoisotopic (exact) mass is 216 g/mol. The number of rotatable bonds is 3. The SMILES string of the molecule is CO/C=C/c1c(OC)ccc2c1C=CCC2. The Hall–Kier alpha value is -1.70. The molecular formula is C14H16O2. The molecule has 0 radical (unpaired) electrons. The van der Waals surface area contributed by atoms with E-state index in [0.717, 1.165) is 24.2 Å². The van der Waals surface area contributed by atoms with Crippen LogP contribution in [0.2, 0.25) is 0 Å². The molecule has 1 aromatic rings. The molecule has 1 aromatic carbocycles. The van der Waals surface area contributed by atoms with Crippen LogP contribution in [0.25, 0.3) is 12.2 Å². The molecule has 0 saturated heterocycles. The maximum absolute atomic E-state index is 5.37. The van der Waals surface area contributed by atoms with E-state index in [1.54, 1.807) is 20.5 Å². The lowest BCUT2D eigenvalue weighted by atomic mass is 9.92. The molecular weight excluding hydrogens is 200 g/mol. The summed E-state index contributed by atoms with van der Waals surface area (Å²) < 4.78 is 10.3. The van der Waals surface area contributed by atoms with Gasteiger partial charge in [-0.1, -0.05) is 18.2 Å². The molecule has 2 nitrogen and oxygen atoms in total. The van der Waals surface area contributed by atoms with Crippen molar-refractivity contribution in [1.29, 1.82) is 0 Å². The summed E-state index contributed by atoms with van der Waals surface area (Å²) in [4.78, 5) is 0. The van der Waals surface area contributed by atoms with Crippen molar-refractivity contribution in [1.82, 2.24) is 0 Å². The lowest BCUT2D eigenvalue weighted by Gasteiger charge is -2.15. The van der Waals surface area contributed by atoms with Crippen LogP contribution < -0.4 is 4.74 Å². The van der Waals surface area contributed by atoms with Crippen molar-refractivity contribution in [2.45, 2.75) is 12.8 Å². The molecule has 84 valence electrons. The highest BCUT2D eigenvalue weighted by molar-refractivity contribution is 5.73. The van der Waals surface area contributed by atoms with E-state index in [2.05, 4.69) is 18.2 Å². The van der Waals surface area contributed by atoms with Crippen molar-refractivity contribution in [2.24, 2.45) is 0 Å². The summed E-state index contributed by atoms with van der Waals surface area (Å²) in [7, 11) is 3.34. The van der Waals surface area contributed by atoms with E-state index in [4.69, 9.17) is 9.47 Å². The average molecular weight is 216 g/mol. The van der Waals surface area contributed by atoms with Crippen molar-refractivity contribution in [3.63, 3.8) is 0 Å². The molecule has 0 spiro atoms. The Morgan fingerprint density at radius 2 is 2.12 bits per heavy atom. The third-order valence-corrected chi connectivity index (χ3v) is 2.79. The van der Waals surface area contributed by atoms with Crippen molar-refractivity contribution < 1.29 is 9.47 Å². The first kappa shape index (κ1) is 10.8. The summed E-state index contributed by atoms with van der Waals surface area (Å²) in [6.45, 7) is 0. The number of aryl methyl sites for hydroxylation is 1. The Morgan fingerprint density at radius 1 is 1.25 bits per heavy atom. The number of hydrogen-bond acceptors (Lipinski definition) is 2. The van der Waals surface area contributed by atoms with Gasteiger partial charge in [-0.15, -0.1) is 0 Å². The number of methoxy groups -OCH3 is 2. The molecule has 0 aliphatic heterocycles.